The normalized spacial score (nSPS) is 11.9. The molecule has 1 rings (SSSR count). The van der Waals surface area contributed by atoms with Crippen LogP contribution in [0.5, 0.6) is 0 Å². The van der Waals surface area contributed by atoms with Gasteiger partial charge in [-0.2, -0.15) is 5.10 Å². The van der Waals surface area contributed by atoms with Crippen molar-refractivity contribution in [1.29, 1.82) is 0 Å². The quantitative estimate of drug-likeness (QED) is 0.603. The number of rotatable bonds is 7. The van der Waals surface area contributed by atoms with E-state index in [1.807, 2.05) is 6.92 Å². The zero-order valence-electron chi connectivity index (χ0n) is 11.1. The van der Waals surface area contributed by atoms with Crippen molar-refractivity contribution < 1.29 is 19.8 Å². The number of aryl methyl sites for hydroxylation is 1. The molecule has 3 N–H and O–H groups in total. The Balaban J connectivity index is 2.88. The fraction of sp³-hybridized carbons (Fsp3) is 0.500. The second-order valence-electron chi connectivity index (χ2n) is 4.18. The number of aliphatic hydroxyl groups is 1. The molecule has 0 fully saturated rings. The van der Waals surface area contributed by atoms with E-state index in [4.69, 9.17) is 10.2 Å². The van der Waals surface area contributed by atoms with Crippen molar-refractivity contribution in [3.8, 4) is 0 Å². The number of amides is 1. The van der Waals surface area contributed by atoms with Crippen molar-refractivity contribution in [3.63, 3.8) is 0 Å². The van der Waals surface area contributed by atoms with Crippen LogP contribution in [-0.2, 0) is 11.3 Å². The predicted octanol–water partition coefficient (Wildman–Crippen LogP) is -0.781. The second kappa shape index (κ2) is 7.39. The van der Waals surface area contributed by atoms with Crippen molar-refractivity contribution >= 4 is 11.9 Å². The molecular formula is C12H17N3O5. The summed E-state index contributed by atoms with van der Waals surface area (Å²) in [6.07, 6.45) is 1.61. The van der Waals surface area contributed by atoms with Crippen LogP contribution in [0.1, 0.15) is 30.3 Å². The van der Waals surface area contributed by atoms with Crippen LogP contribution in [-0.4, -0.2) is 44.5 Å². The van der Waals surface area contributed by atoms with Gasteiger partial charge in [0.1, 0.15) is 5.69 Å². The summed E-state index contributed by atoms with van der Waals surface area (Å²) >= 11 is 0. The predicted molar refractivity (Wildman–Crippen MR) is 69.4 cm³/mol. The van der Waals surface area contributed by atoms with E-state index in [-0.39, 0.29) is 11.3 Å². The summed E-state index contributed by atoms with van der Waals surface area (Å²) in [7, 11) is 0. The van der Waals surface area contributed by atoms with Gasteiger partial charge in [0.05, 0.1) is 6.61 Å². The Bertz CT molecular complexity index is 540. The molecule has 0 aliphatic heterocycles. The van der Waals surface area contributed by atoms with Crippen LogP contribution < -0.4 is 10.9 Å². The van der Waals surface area contributed by atoms with Crippen molar-refractivity contribution in [2.75, 3.05) is 6.61 Å². The molecule has 0 saturated carbocycles. The number of aromatic nitrogens is 2. The molecule has 110 valence electrons. The molecule has 0 saturated heterocycles. The maximum atomic E-state index is 11.8. The van der Waals surface area contributed by atoms with Crippen molar-refractivity contribution in [1.82, 2.24) is 15.1 Å². The lowest BCUT2D eigenvalue weighted by Crippen LogP contribution is -2.44. The van der Waals surface area contributed by atoms with Gasteiger partial charge in [0.2, 0.25) is 0 Å². The number of carbonyl (C=O) groups excluding carboxylic acids is 1. The standard InChI is InChI=1S/C12H17N3O5/c1-2-3-6-15-10(17)5-4-8(14-15)11(18)13-9(7-16)12(19)20/h4-5,9,16H,2-3,6-7H2,1H3,(H,13,18)(H,19,20)/t9-/m0/s1. The van der Waals surface area contributed by atoms with E-state index in [1.54, 1.807) is 0 Å². The van der Waals surface area contributed by atoms with Gasteiger partial charge in [-0.05, 0) is 12.5 Å². The lowest BCUT2D eigenvalue weighted by atomic mass is 10.3. The van der Waals surface area contributed by atoms with Crippen LogP contribution in [0.3, 0.4) is 0 Å². The molecule has 0 aliphatic carbocycles. The van der Waals surface area contributed by atoms with Gasteiger partial charge in [0.15, 0.2) is 6.04 Å². The highest BCUT2D eigenvalue weighted by Crippen LogP contribution is 1.95. The van der Waals surface area contributed by atoms with Crippen LogP contribution >= 0.6 is 0 Å². The fourth-order valence-corrected chi connectivity index (χ4v) is 1.46. The SMILES string of the molecule is CCCCn1nc(C(=O)N[C@@H](CO)C(=O)O)ccc1=O. The Morgan fingerprint density at radius 3 is 2.70 bits per heavy atom. The van der Waals surface area contributed by atoms with Gasteiger partial charge in [-0.3, -0.25) is 9.59 Å². The molecule has 1 heterocycles. The van der Waals surface area contributed by atoms with Gasteiger partial charge < -0.3 is 15.5 Å². The molecule has 0 unspecified atom stereocenters. The zero-order chi connectivity index (χ0) is 15.1. The molecule has 8 heteroatoms. The van der Waals surface area contributed by atoms with E-state index >= 15 is 0 Å². The molecule has 1 amide bonds. The number of nitrogens with zero attached hydrogens (tertiary/aromatic N) is 2. The first-order valence-corrected chi connectivity index (χ1v) is 6.22. The topological polar surface area (TPSA) is 122 Å². The third kappa shape index (κ3) is 4.16. The van der Waals surface area contributed by atoms with Gasteiger partial charge >= 0.3 is 5.97 Å². The number of carboxylic acids is 1. The summed E-state index contributed by atoms with van der Waals surface area (Å²) in [5.41, 5.74) is -0.396. The minimum atomic E-state index is -1.40. The molecule has 0 bridgehead atoms. The Morgan fingerprint density at radius 2 is 2.15 bits per heavy atom. The van der Waals surface area contributed by atoms with E-state index in [0.29, 0.717) is 6.54 Å². The average Bonchev–Trinajstić information content (AvgIpc) is 2.43. The molecular weight excluding hydrogens is 266 g/mol. The number of hydrogen-bond donors (Lipinski definition) is 3. The summed E-state index contributed by atoms with van der Waals surface area (Å²) < 4.78 is 1.16. The number of nitrogens with one attached hydrogen (secondary N) is 1. The Kier molecular flexibility index (Phi) is 5.85. The maximum Gasteiger partial charge on any atom is 0.328 e. The number of unbranched alkanes of at least 4 members (excludes halogenated alkanes) is 1. The summed E-state index contributed by atoms with van der Waals surface area (Å²) in [6.45, 7) is 1.62. The molecule has 20 heavy (non-hydrogen) atoms. The van der Waals surface area contributed by atoms with E-state index in [1.165, 1.54) is 12.1 Å². The average molecular weight is 283 g/mol. The third-order valence-corrected chi connectivity index (χ3v) is 2.61. The molecule has 1 aromatic rings. The van der Waals surface area contributed by atoms with Crippen LogP contribution in [0.25, 0.3) is 0 Å². The monoisotopic (exact) mass is 283 g/mol. The van der Waals surface area contributed by atoms with E-state index in [0.717, 1.165) is 17.5 Å². The summed E-state index contributed by atoms with van der Waals surface area (Å²) in [6, 6.07) is 1.02. The van der Waals surface area contributed by atoms with E-state index in [2.05, 4.69) is 10.4 Å². The van der Waals surface area contributed by atoms with Gasteiger partial charge in [0, 0.05) is 12.6 Å². The minimum absolute atomic E-state index is 0.0691. The molecule has 0 aromatic carbocycles. The van der Waals surface area contributed by atoms with Crippen molar-refractivity contribution in [2.45, 2.75) is 32.4 Å². The lowest BCUT2D eigenvalue weighted by molar-refractivity contribution is -0.140. The number of hydrogen-bond acceptors (Lipinski definition) is 5. The number of carboxylic acid groups (broad SMARTS) is 1. The largest absolute Gasteiger partial charge is 0.480 e. The second-order valence-corrected chi connectivity index (χ2v) is 4.18. The number of carbonyl (C=O) groups is 2. The first kappa shape index (κ1) is 15.8. The van der Waals surface area contributed by atoms with Gasteiger partial charge in [0.25, 0.3) is 11.5 Å². The summed E-state index contributed by atoms with van der Waals surface area (Å²) in [5.74, 6) is -2.10. The Hall–Kier alpha value is -2.22. The smallest absolute Gasteiger partial charge is 0.328 e. The number of aliphatic hydroxyl groups excluding tert-OH is 1. The zero-order valence-corrected chi connectivity index (χ0v) is 11.1. The maximum absolute atomic E-state index is 11.8. The van der Waals surface area contributed by atoms with Crippen LogP contribution in [0.15, 0.2) is 16.9 Å². The van der Waals surface area contributed by atoms with Crippen LogP contribution in [0, 0.1) is 0 Å². The molecule has 0 aliphatic rings. The summed E-state index contributed by atoms with van der Waals surface area (Å²) in [5, 5.41) is 23.6. The highest BCUT2D eigenvalue weighted by atomic mass is 16.4. The highest BCUT2D eigenvalue weighted by Gasteiger charge is 2.20. The van der Waals surface area contributed by atoms with Crippen molar-refractivity contribution in [3.05, 3.63) is 28.2 Å². The van der Waals surface area contributed by atoms with Crippen molar-refractivity contribution in [2.24, 2.45) is 0 Å². The first-order valence-electron chi connectivity index (χ1n) is 6.22. The third-order valence-electron chi connectivity index (χ3n) is 2.61. The molecule has 0 radical (unpaired) electrons. The molecule has 1 atom stereocenters. The highest BCUT2D eigenvalue weighted by molar-refractivity contribution is 5.94. The fourth-order valence-electron chi connectivity index (χ4n) is 1.46. The van der Waals surface area contributed by atoms with Crippen LogP contribution in [0.2, 0.25) is 0 Å². The number of aliphatic carboxylic acids is 1. The summed E-state index contributed by atoms with van der Waals surface area (Å²) in [4.78, 5) is 34.0. The molecule has 1 aromatic heterocycles. The van der Waals surface area contributed by atoms with Gasteiger partial charge in [-0.25, -0.2) is 9.48 Å². The Labute approximate surface area is 115 Å². The lowest BCUT2D eigenvalue weighted by Gasteiger charge is -2.11. The first-order chi connectivity index (χ1) is 9.49. The van der Waals surface area contributed by atoms with Crippen LogP contribution in [0.4, 0.5) is 0 Å². The molecule has 0 spiro atoms. The molecule has 8 nitrogen and oxygen atoms in total. The Morgan fingerprint density at radius 1 is 1.45 bits per heavy atom. The van der Waals surface area contributed by atoms with Gasteiger partial charge in [-0.15, -0.1) is 0 Å². The van der Waals surface area contributed by atoms with E-state index < -0.39 is 24.5 Å². The van der Waals surface area contributed by atoms with Gasteiger partial charge in [-0.1, -0.05) is 13.3 Å². The van der Waals surface area contributed by atoms with E-state index in [9.17, 15) is 14.4 Å². The minimum Gasteiger partial charge on any atom is -0.480 e.